The van der Waals surface area contributed by atoms with Crippen LogP contribution in [0.1, 0.15) is 50.2 Å². The largest absolute Gasteiger partial charge is 0.460 e. The van der Waals surface area contributed by atoms with Crippen LogP contribution in [0.25, 0.3) is 22.0 Å². The first-order valence-corrected chi connectivity index (χ1v) is 11.5. The highest BCUT2D eigenvalue weighted by Gasteiger charge is 2.31. The summed E-state index contributed by atoms with van der Waals surface area (Å²) in [5, 5.41) is 10.4. The van der Waals surface area contributed by atoms with E-state index in [-0.39, 0.29) is 28.4 Å². The zero-order valence-electron chi connectivity index (χ0n) is 19.9. The second-order valence-electron chi connectivity index (χ2n) is 9.48. The number of aliphatic hydroxyl groups is 1. The predicted molar refractivity (Wildman–Crippen MR) is 128 cm³/mol. The van der Waals surface area contributed by atoms with Crippen molar-refractivity contribution in [3.8, 4) is 16.9 Å². The van der Waals surface area contributed by atoms with Gasteiger partial charge in [0.05, 0.1) is 16.9 Å². The molecule has 1 aliphatic heterocycles. The van der Waals surface area contributed by atoms with Gasteiger partial charge in [0.15, 0.2) is 5.82 Å². The molecule has 182 valence electrons. The van der Waals surface area contributed by atoms with E-state index in [9.17, 15) is 14.3 Å². The summed E-state index contributed by atoms with van der Waals surface area (Å²) in [4.78, 5) is 21.5. The highest BCUT2D eigenvalue weighted by molar-refractivity contribution is 5.85. The quantitative estimate of drug-likeness (QED) is 0.451. The molecule has 1 N–H and O–H groups in total. The van der Waals surface area contributed by atoms with Crippen LogP contribution in [0.2, 0.25) is 0 Å². The summed E-state index contributed by atoms with van der Waals surface area (Å²) in [5.41, 5.74) is 1.45. The fourth-order valence-corrected chi connectivity index (χ4v) is 4.70. The van der Waals surface area contributed by atoms with E-state index < -0.39 is 17.8 Å². The minimum Gasteiger partial charge on any atom is -0.460 e. The van der Waals surface area contributed by atoms with Crippen molar-refractivity contribution in [1.82, 2.24) is 19.3 Å². The number of ether oxygens (including phenoxy) is 1. The van der Waals surface area contributed by atoms with Crippen molar-refractivity contribution in [2.45, 2.75) is 58.7 Å². The van der Waals surface area contributed by atoms with Crippen molar-refractivity contribution in [3.05, 3.63) is 75.8 Å². The molecule has 5 rings (SSSR count). The standard InChI is InChI=1S/C26H26F2N4O3/c1-14-5-6-23(35-15(2)27)18(9-14)21-7-8-31-24(33)19-10-20(28)17(11-22(19)32(21)31)16-12-29-25(30-13-16)26(3,4)34/h5-6,9-13,15,21,34H,7-8H2,1-4H3/t15?,21-/m0/s1. The number of nitrogens with zero attached hydrogens (tertiary/aromatic N) is 4. The van der Waals surface area contributed by atoms with Crippen LogP contribution in [0, 0.1) is 12.7 Å². The van der Waals surface area contributed by atoms with E-state index in [1.54, 1.807) is 30.7 Å². The van der Waals surface area contributed by atoms with Crippen LogP contribution in [0.3, 0.4) is 0 Å². The van der Waals surface area contributed by atoms with Crippen molar-refractivity contribution < 1.29 is 18.6 Å². The van der Waals surface area contributed by atoms with Gasteiger partial charge >= 0.3 is 0 Å². The van der Waals surface area contributed by atoms with Gasteiger partial charge in [-0.2, -0.15) is 0 Å². The van der Waals surface area contributed by atoms with Crippen molar-refractivity contribution in [2.75, 3.05) is 0 Å². The van der Waals surface area contributed by atoms with Gasteiger partial charge in [-0.1, -0.05) is 17.7 Å². The molecule has 0 spiro atoms. The summed E-state index contributed by atoms with van der Waals surface area (Å²) in [6.45, 7) is 6.83. The van der Waals surface area contributed by atoms with Gasteiger partial charge in [-0.15, -0.1) is 0 Å². The molecule has 0 bridgehead atoms. The summed E-state index contributed by atoms with van der Waals surface area (Å²) in [7, 11) is 0. The Kier molecular flexibility index (Phi) is 5.47. The van der Waals surface area contributed by atoms with Crippen LogP contribution >= 0.6 is 0 Å². The molecule has 7 nitrogen and oxygen atoms in total. The van der Waals surface area contributed by atoms with Gasteiger partial charge < -0.3 is 9.84 Å². The number of benzene rings is 2. The van der Waals surface area contributed by atoms with E-state index >= 15 is 4.39 Å². The fourth-order valence-electron chi connectivity index (χ4n) is 4.70. The van der Waals surface area contributed by atoms with E-state index in [1.807, 2.05) is 23.7 Å². The topological polar surface area (TPSA) is 82.2 Å². The number of alkyl halides is 1. The maximum Gasteiger partial charge on any atom is 0.274 e. The Labute approximate surface area is 200 Å². The van der Waals surface area contributed by atoms with E-state index in [1.165, 1.54) is 25.4 Å². The molecule has 0 saturated carbocycles. The molecule has 2 aromatic carbocycles. The molecule has 35 heavy (non-hydrogen) atoms. The van der Waals surface area contributed by atoms with Crippen LogP contribution in [-0.2, 0) is 12.1 Å². The van der Waals surface area contributed by atoms with Crippen molar-refractivity contribution in [3.63, 3.8) is 0 Å². The number of hydrogen-bond acceptors (Lipinski definition) is 5. The summed E-state index contributed by atoms with van der Waals surface area (Å²) in [6.07, 6.45) is 2.03. The smallest absolute Gasteiger partial charge is 0.274 e. The maximum atomic E-state index is 15.1. The van der Waals surface area contributed by atoms with Gasteiger partial charge in [0.1, 0.15) is 17.2 Å². The lowest BCUT2D eigenvalue weighted by molar-refractivity contribution is 0.0687. The lowest BCUT2D eigenvalue weighted by Gasteiger charge is -2.20. The number of fused-ring (bicyclic) bond motifs is 3. The van der Waals surface area contributed by atoms with E-state index in [0.29, 0.717) is 29.8 Å². The molecule has 0 radical (unpaired) electrons. The number of aryl methyl sites for hydroxylation is 1. The van der Waals surface area contributed by atoms with Gasteiger partial charge in [-0.3, -0.25) is 9.48 Å². The molecule has 1 unspecified atom stereocenters. The predicted octanol–water partition coefficient (Wildman–Crippen LogP) is 4.62. The van der Waals surface area contributed by atoms with Crippen LogP contribution in [0.4, 0.5) is 8.78 Å². The highest BCUT2D eigenvalue weighted by Crippen LogP contribution is 2.38. The Bertz CT molecular complexity index is 1480. The van der Waals surface area contributed by atoms with Crippen LogP contribution in [0.15, 0.2) is 47.5 Å². The average Bonchev–Trinajstić information content (AvgIpc) is 3.33. The second-order valence-corrected chi connectivity index (χ2v) is 9.48. The molecule has 0 saturated heterocycles. The van der Waals surface area contributed by atoms with Crippen LogP contribution < -0.4 is 10.3 Å². The lowest BCUT2D eigenvalue weighted by atomic mass is 10.00. The van der Waals surface area contributed by atoms with Crippen LogP contribution in [-0.4, -0.2) is 30.8 Å². The van der Waals surface area contributed by atoms with Crippen molar-refractivity contribution >= 4 is 10.9 Å². The summed E-state index contributed by atoms with van der Waals surface area (Å²) in [5.74, 6) is 0.0654. The maximum absolute atomic E-state index is 15.1. The summed E-state index contributed by atoms with van der Waals surface area (Å²) >= 11 is 0. The first kappa shape index (κ1) is 23.2. The fraction of sp³-hybridized carbons (Fsp3) is 0.346. The number of rotatable bonds is 5. The molecule has 9 heteroatoms. The van der Waals surface area contributed by atoms with E-state index in [2.05, 4.69) is 9.97 Å². The molecule has 3 heterocycles. The molecular formula is C26H26F2N4O3. The molecule has 0 aliphatic carbocycles. The molecule has 4 aromatic rings. The first-order valence-electron chi connectivity index (χ1n) is 11.5. The highest BCUT2D eigenvalue weighted by atomic mass is 19.1. The molecule has 2 aromatic heterocycles. The van der Waals surface area contributed by atoms with Crippen molar-refractivity contribution in [2.24, 2.45) is 0 Å². The lowest BCUT2D eigenvalue weighted by Crippen LogP contribution is -2.19. The zero-order chi connectivity index (χ0) is 25.1. The zero-order valence-corrected chi connectivity index (χ0v) is 19.9. The monoisotopic (exact) mass is 480 g/mol. The molecule has 2 atom stereocenters. The molecule has 0 fully saturated rings. The Hall–Kier alpha value is -3.59. The average molecular weight is 481 g/mol. The number of halogens is 2. The van der Waals surface area contributed by atoms with Gasteiger partial charge in [0.25, 0.3) is 5.56 Å². The minimum atomic E-state index is -1.49. The third kappa shape index (κ3) is 3.99. The summed E-state index contributed by atoms with van der Waals surface area (Å²) in [6, 6.07) is 8.09. The van der Waals surface area contributed by atoms with Gasteiger partial charge in [0.2, 0.25) is 6.36 Å². The molecular weight excluding hydrogens is 454 g/mol. The molecule has 0 amide bonds. The molecule has 1 aliphatic rings. The third-order valence-electron chi connectivity index (χ3n) is 6.29. The third-order valence-corrected chi connectivity index (χ3v) is 6.29. The van der Waals surface area contributed by atoms with Crippen LogP contribution in [0.5, 0.6) is 5.75 Å². The second kappa shape index (κ2) is 8.27. The van der Waals surface area contributed by atoms with E-state index in [0.717, 1.165) is 11.1 Å². The van der Waals surface area contributed by atoms with Gasteiger partial charge in [0, 0.05) is 42.6 Å². The Morgan fingerprint density at radius 2 is 1.91 bits per heavy atom. The summed E-state index contributed by atoms with van der Waals surface area (Å²) < 4.78 is 37.8. The number of hydrogen-bond donors (Lipinski definition) is 1. The Morgan fingerprint density at radius 1 is 1.20 bits per heavy atom. The normalized spacial score (nSPS) is 16.5. The van der Waals surface area contributed by atoms with E-state index in [4.69, 9.17) is 4.74 Å². The first-order chi connectivity index (χ1) is 16.5. The Morgan fingerprint density at radius 3 is 2.57 bits per heavy atom. The minimum absolute atomic E-state index is 0.220. The SMILES string of the molecule is Cc1ccc(OC(C)F)c([C@@H]2CCn3c(=O)c4cc(F)c(-c5cnc(C(C)(C)O)nc5)cc4n32)c1. The van der Waals surface area contributed by atoms with Gasteiger partial charge in [-0.05, 0) is 45.4 Å². The number of aromatic nitrogens is 4. The Balaban J connectivity index is 1.67. The van der Waals surface area contributed by atoms with Crippen molar-refractivity contribution in [1.29, 1.82) is 0 Å². The van der Waals surface area contributed by atoms with Gasteiger partial charge in [-0.25, -0.2) is 23.4 Å².